The molecule has 3 aromatic carbocycles. The molecule has 0 saturated carbocycles. The fourth-order valence-corrected chi connectivity index (χ4v) is 3.32. The zero-order valence-corrected chi connectivity index (χ0v) is 17.9. The first kappa shape index (κ1) is 20.9. The van der Waals surface area contributed by atoms with Crippen molar-refractivity contribution in [3.8, 4) is 5.75 Å². The number of hydrogen-bond acceptors (Lipinski definition) is 3. The van der Waals surface area contributed by atoms with Crippen LogP contribution < -0.4 is 15.4 Å². The first-order valence-electron chi connectivity index (χ1n) is 8.77. The summed E-state index contributed by atoms with van der Waals surface area (Å²) in [5.41, 5.74) is 2.75. The third-order valence-electron chi connectivity index (χ3n) is 4.07. The number of halogens is 2. The molecule has 0 bridgehead atoms. The molecule has 0 aromatic heterocycles. The second-order valence-electron chi connectivity index (χ2n) is 6.26. The topological polar surface area (TPSA) is 67.4 Å². The average Bonchev–Trinajstić information content (AvgIpc) is 2.69. The van der Waals surface area contributed by atoms with E-state index < -0.39 is 0 Å². The summed E-state index contributed by atoms with van der Waals surface area (Å²) in [5, 5.41) is 6.00. The molecular formula is C22H18BrClN2O3. The fourth-order valence-electron chi connectivity index (χ4n) is 2.60. The third kappa shape index (κ3) is 5.82. The molecular weight excluding hydrogens is 456 g/mol. The first-order valence-corrected chi connectivity index (χ1v) is 9.94. The van der Waals surface area contributed by atoms with Crippen molar-refractivity contribution in [1.82, 2.24) is 0 Å². The van der Waals surface area contributed by atoms with Crippen LogP contribution in [-0.4, -0.2) is 18.4 Å². The minimum absolute atomic E-state index is 0.173. The summed E-state index contributed by atoms with van der Waals surface area (Å²) in [6.45, 7) is 1.71. The highest BCUT2D eigenvalue weighted by atomic mass is 79.9. The van der Waals surface area contributed by atoms with Crippen LogP contribution in [0.3, 0.4) is 0 Å². The summed E-state index contributed by atoms with van der Waals surface area (Å²) in [7, 11) is 0. The van der Waals surface area contributed by atoms with Crippen LogP contribution in [0.4, 0.5) is 11.4 Å². The molecule has 0 aliphatic rings. The summed E-state index contributed by atoms with van der Waals surface area (Å²) in [5.74, 6) is -0.0698. The van der Waals surface area contributed by atoms with Crippen molar-refractivity contribution in [3.63, 3.8) is 0 Å². The van der Waals surface area contributed by atoms with Gasteiger partial charge in [0, 0.05) is 21.4 Å². The van der Waals surface area contributed by atoms with Gasteiger partial charge in [0.05, 0.1) is 5.02 Å². The van der Waals surface area contributed by atoms with E-state index in [9.17, 15) is 9.59 Å². The summed E-state index contributed by atoms with van der Waals surface area (Å²) in [4.78, 5) is 24.4. The standard InChI is InChI=1S/C22H18BrClN2O3/c1-14-4-2-3-5-18(14)22(28)26-17-9-7-16(8-10-17)25-21(27)13-29-20-11-6-15(23)12-19(20)24/h2-12H,13H2,1H3,(H,25,27)(H,26,28). The molecule has 2 amide bonds. The summed E-state index contributed by atoms with van der Waals surface area (Å²) < 4.78 is 6.27. The molecule has 5 nitrogen and oxygen atoms in total. The van der Waals surface area contributed by atoms with Crippen LogP contribution in [0.15, 0.2) is 71.2 Å². The molecule has 0 aliphatic heterocycles. The second-order valence-corrected chi connectivity index (χ2v) is 7.58. The van der Waals surface area contributed by atoms with Crippen LogP contribution >= 0.6 is 27.5 Å². The quantitative estimate of drug-likeness (QED) is 0.484. The van der Waals surface area contributed by atoms with Crippen molar-refractivity contribution in [2.45, 2.75) is 6.92 Å². The number of anilines is 2. The summed E-state index contributed by atoms with van der Waals surface area (Å²) in [6.07, 6.45) is 0. The number of nitrogens with one attached hydrogen (secondary N) is 2. The van der Waals surface area contributed by atoms with Gasteiger partial charge in [0.2, 0.25) is 0 Å². The van der Waals surface area contributed by atoms with E-state index >= 15 is 0 Å². The average molecular weight is 474 g/mol. The van der Waals surface area contributed by atoms with E-state index in [2.05, 4.69) is 26.6 Å². The van der Waals surface area contributed by atoms with Crippen LogP contribution in [0.5, 0.6) is 5.75 Å². The molecule has 148 valence electrons. The lowest BCUT2D eigenvalue weighted by molar-refractivity contribution is -0.118. The molecule has 0 heterocycles. The largest absolute Gasteiger partial charge is 0.482 e. The fraction of sp³-hybridized carbons (Fsp3) is 0.0909. The van der Waals surface area contributed by atoms with Crippen LogP contribution in [0.25, 0.3) is 0 Å². The smallest absolute Gasteiger partial charge is 0.262 e. The van der Waals surface area contributed by atoms with E-state index in [1.807, 2.05) is 25.1 Å². The Hall–Kier alpha value is -2.83. The van der Waals surface area contributed by atoms with Crippen LogP contribution in [-0.2, 0) is 4.79 Å². The van der Waals surface area contributed by atoms with Gasteiger partial charge in [-0.25, -0.2) is 0 Å². The summed E-state index contributed by atoms with van der Waals surface area (Å²) in [6, 6.07) is 19.4. The molecule has 3 rings (SSSR count). The van der Waals surface area contributed by atoms with Gasteiger partial charge in [0.25, 0.3) is 11.8 Å². The van der Waals surface area contributed by atoms with Crippen molar-refractivity contribution in [3.05, 3.63) is 87.4 Å². The van der Waals surface area contributed by atoms with Gasteiger partial charge >= 0.3 is 0 Å². The number of carbonyl (C=O) groups excluding carboxylic acids is 2. The maximum absolute atomic E-state index is 12.4. The zero-order valence-electron chi connectivity index (χ0n) is 15.5. The van der Waals surface area contributed by atoms with Gasteiger partial charge < -0.3 is 15.4 Å². The van der Waals surface area contributed by atoms with Gasteiger partial charge in [-0.15, -0.1) is 0 Å². The molecule has 7 heteroatoms. The van der Waals surface area contributed by atoms with Crippen LogP contribution in [0.2, 0.25) is 5.02 Å². The van der Waals surface area contributed by atoms with Gasteiger partial charge in [0.15, 0.2) is 6.61 Å². The molecule has 0 fully saturated rings. The molecule has 0 spiro atoms. The number of carbonyl (C=O) groups is 2. The van der Waals surface area contributed by atoms with E-state index in [0.29, 0.717) is 27.7 Å². The minimum atomic E-state index is -0.319. The van der Waals surface area contributed by atoms with Crippen molar-refractivity contribution < 1.29 is 14.3 Å². The van der Waals surface area contributed by atoms with Crippen LogP contribution in [0, 0.1) is 6.92 Å². The molecule has 0 radical (unpaired) electrons. The highest BCUT2D eigenvalue weighted by Gasteiger charge is 2.10. The number of amides is 2. The molecule has 0 atom stereocenters. The van der Waals surface area contributed by atoms with E-state index in [0.717, 1.165) is 10.0 Å². The van der Waals surface area contributed by atoms with Gasteiger partial charge in [-0.1, -0.05) is 45.7 Å². The van der Waals surface area contributed by atoms with Gasteiger partial charge in [-0.05, 0) is 61.0 Å². The second kappa shape index (κ2) is 9.58. The Kier molecular flexibility index (Phi) is 6.90. The molecule has 0 aliphatic carbocycles. The highest BCUT2D eigenvalue weighted by Crippen LogP contribution is 2.27. The lowest BCUT2D eigenvalue weighted by Crippen LogP contribution is -2.20. The van der Waals surface area contributed by atoms with E-state index in [1.54, 1.807) is 48.5 Å². The van der Waals surface area contributed by atoms with Gasteiger partial charge in [-0.2, -0.15) is 0 Å². The molecule has 0 unspecified atom stereocenters. The molecule has 3 aromatic rings. The normalized spacial score (nSPS) is 10.3. The molecule has 2 N–H and O–H groups in total. The number of aryl methyl sites for hydroxylation is 1. The van der Waals surface area contributed by atoms with E-state index in [-0.39, 0.29) is 18.4 Å². The summed E-state index contributed by atoms with van der Waals surface area (Å²) >= 11 is 9.38. The lowest BCUT2D eigenvalue weighted by Gasteiger charge is -2.10. The van der Waals surface area contributed by atoms with Crippen LogP contribution in [0.1, 0.15) is 15.9 Å². The highest BCUT2D eigenvalue weighted by molar-refractivity contribution is 9.10. The SMILES string of the molecule is Cc1ccccc1C(=O)Nc1ccc(NC(=O)COc2ccc(Br)cc2Cl)cc1. The Morgan fingerprint density at radius 3 is 2.28 bits per heavy atom. The van der Waals surface area contributed by atoms with E-state index in [4.69, 9.17) is 16.3 Å². The number of rotatable bonds is 6. The van der Waals surface area contributed by atoms with Gasteiger partial charge in [0.1, 0.15) is 5.75 Å². The number of ether oxygens (including phenoxy) is 1. The maximum Gasteiger partial charge on any atom is 0.262 e. The van der Waals surface area contributed by atoms with Crippen molar-refractivity contribution >= 4 is 50.7 Å². The van der Waals surface area contributed by atoms with Crippen molar-refractivity contribution in [2.75, 3.05) is 17.2 Å². The Labute approximate surface area is 182 Å². The monoisotopic (exact) mass is 472 g/mol. The zero-order chi connectivity index (χ0) is 20.8. The van der Waals surface area contributed by atoms with E-state index in [1.165, 1.54) is 0 Å². The number of hydrogen-bond donors (Lipinski definition) is 2. The minimum Gasteiger partial charge on any atom is -0.482 e. The Balaban J connectivity index is 1.54. The van der Waals surface area contributed by atoms with Crippen molar-refractivity contribution in [1.29, 1.82) is 0 Å². The lowest BCUT2D eigenvalue weighted by atomic mass is 10.1. The molecule has 29 heavy (non-hydrogen) atoms. The van der Waals surface area contributed by atoms with Gasteiger partial charge in [-0.3, -0.25) is 9.59 Å². The number of benzene rings is 3. The maximum atomic E-state index is 12.4. The Morgan fingerprint density at radius 2 is 1.62 bits per heavy atom. The predicted molar refractivity (Wildman–Crippen MR) is 119 cm³/mol. The Morgan fingerprint density at radius 1 is 0.966 bits per heavy atom. The molecule has 0 saturated heterocycles. The predicted octanol–water partition coefficient (Wildman–Crippen LogP) is 5.68. The first-order chi connectivity index (χ1) is 13.9. The third-order valence-corrected chi connectivity index (χ3v) is 4.86. The Bertz CT molecular complexity index is 1040. The van der Waals surface area contributed by atoms with Crippen molar-refractivity contribution in [2.24, 2.45) is 0 Å².